The molecule has 0 bridgehead atoms. The SMILES string of the molecule is Cc1ccc(-c2c3ccccc3c(-c3ccc(-n4c5ccccc5c5ccccc54)cc3)c3ccccc23)cc1.Cc1ccc(-c2ccc3ccc4c(-c5ccc(-c6cccc7c6oc6ccccc67)cc5)ccc5ccc2c3c54)cc1.c1ccc(-c2ccc3ccc4c(-c5ccc(-n6c7ccccc7c7ccccc76)cc5)ccc5ccc2c3c54)cc1. The quantitative estimate of drug-likeness (QED) is 0.104. The third-order valence-corrected chi connectivity index (χ3v) is 26.0. The number of hydrogen-bond donors (Lipinski definition) is 0. The molecule has 23 aromatic carbocycles. The van der Waals surface area contributed by atoms with Gasteiger partial charge >= 0.3 is 0 Å². The Kier molecular flexibility index (Phi) is 16.8. The number of fused-ring (bicyclic) bond motifs is 11. The fourth-order valence-electron chi connectivity index (χ4n) is 20.2. The van der Waals surface area contributed by atoms with Crippen molar-refractivity contribution in [3.63, 3.8) is 0 Å². The molecule has 3 heteroatoms. The van der Waals surface area contributed by atoms with Crippen molar-refractivity contribution < 1.29 is 4.42 Å². The zero-order valence-corrected chi connectivity index (χ0v) is 67.9. The Labute approximate surface area is 711 Å². The van der Waals surface area contributed by atoms with Gasteiger partial charge in [-0.15, -0.1) is 0 Å². The van der Waals surface area contributed by atoms with Gasteiger partial charge in [0.15, 0.2) is 0 Å². The van der Waals surface area contributed by atoms with Gasteiger partial charge in [-0.25, -0.2) is 0 Å². The Morgan fingerprint density at radius 2 is 0.439 bits per heavy atom. The highest BCUT2D eigenvalue weighted by Crippen LogP contribution is 2.49. The van der Waals surface area contributed by atoms with Crippen molar-refractivity contribution in [2.45, 2.75) is 13.8 Å². The lowest BCUT2D eigenvalue weighted by Crippen LogP contribution is -1.94. The molecule has 0 saturated carbocycles. The van der Waals surface area contributed by atoms with E-state index in [1.807, 2.05) is 12.1 Å². The van der Waals surface area contributed by atoms with Crippen LogP contribution in [0.2, 0.25) is 0 Å². The monoisotopic (exact) mass is 1560 g/mol. The third-order valence-electron chi connectivity index (χ3n) is 26.0. The van der Waals surface area contributed by atoms with Crippen molar-refractivity contribution in [1.82, 2.24) is 9.13 Å². The average molecular weight is 1560 g/mol. The summed E-state index contributed by atoms with van der Waals surface area (Å²) in [5, 5.41) is 28.3. The highest BCUT2D eigenvalue weighted by molar-refractivity contribution is 6.30. The zero-order valence-electron chi connectivity index (χ0n) is 67.9. The van der Waals surface area contributed by atoms with E-state index in [4.69, 9.17) is 4.42 Å². The Morgan fingerprint density at radius 1 is 0.171 bits per heavy atom. The number of aryl methyl sites for hydroxylation is 2. The standard InChI is InChI=1S/C41H26O.C40H25N.C39H27N/c1-25-9-11-26(12-10-25)31-21-17-29-20-24-36-32(22-18-30-19-23-35(31)39(29)40(30)36)27-13-15-28(16-14-27)33-6-4-7-37-34-5-2-3-8-38(34)42-41(33)37;1-2-8-26(9-3-1)31-22-16-28-19-25-36-32(23-17-29-18-24-35(31)39(28)40(29)36)27-14-20-30(21-15-27)41-37-12-6-4-10-33(37)34-11-5-7-13-38(34)41;1-26-18-20-27(21-19-26)38-32-12-2-4-14-34(32)39(35-15-5-3-13-33(35)38)28-22-24-29(25-23-28)40-36-16-8-6-10-30(36)31-11-7-9-17-37(31)40/h2-24H,1H3;1-25H;2-25H,1H3. The van der Waals surface area contributed by atoms with Crippen molar-refractivity contribution in [1.29, 1.82) is 0 Å². The van der Waals surface area contributed by atoms with Gasteiger partial charge in [0.2, 0.25) is 0 Å². The smallest absolute Gasteiger partial charge is 0.143 e. The molecule has 0 aliphatic carbocycles. The van der Waals surface area contributed by atoms with E-state index in [2.05, 4.69) is 448 Å². The van der Waals surface area contributed by atoms with E-state index < -0.39 is 0 Å². The molecule has 0 aliphatic rings. The van der Waals surface area contributed by atoms with E-state index in [0.29, 0.717) is 0 Å². The van der Waals surface area contributed by atoms with Crippen LogP contribution in [-0.2, 0) is 0 Å². The van der Waals surface area contributed by atoms with Crippen molar-refractivity contribution in [2.24, 2.45) is 0 Å². The number of aromatic nitrogens is 2. The van der Waals surface area contributed by atoms with E-state index in [1.54, 1.807) is 0 Å². The molecular formula is C120H78N2O. The van der Waals surface area contributed by atoms with E-state index in [9.17, 15) is 0 Å². The molecule has 3 aromatic heterocycles. The second kappa shape index (κ2) is 29.0. The van der Waals surface area contributed by atoms with Crippen LogP contribution in [0.25, 0.3) is 241 Å². The molecule has 0 aliphatic heterocycles. The number of nitrogens with zero attached hydrogens (tertiary/aromatic N) is 2. The largest absolute Gasteiger partial charge is 0.455 e. The normalized spacial score (nSPS) is 11.8. The van der Waals surface area contributed by atoms with Crippen LogP contribution in [-0.4, -0.2) is 9.13 Å². The van der Waals surface area contributed by atoms with E-state index >= 15 is 0 Å². The maximum Gasteiger partial charge on any atom is 0.143 e. The van der Waals surface area contributed by atoms with Gasteiger partial charge in [-0.05, 0) is 227 Å². The lowest BCUT2D eigenvalue weighted by atomic mass is 9.86. The van der Waals surface area contributed by atoms with E-state index in [0.717, 1.165) is 33.1 Å². The van der Waals surface area contributed by atoms with Gasteiger partial charge in [0.05, 0.1) is 22.1 Å². The van der Waals surface area contributed by atoms with Gasteiger partial charge in [0.25, 0.3) is 0 Å². The van der Waals surface area contributed by atoms with Crippen LogP contribution >= 0.6 is 0 Å². The molecule has 26 aromatic rings. The summed E-state index contributed by atoms with van der Waals surface area (Å²) < 4.78 is 11.1. The summed E-state index contributed by atoms with van der Waals surface area (Å²) in [4.78, 5) is 0. The van der Waals surface area contributed by atoms with Crippen LogP contribution in [0.15, 0.2) is 441 Å². The third kappa shape index (κ3) is 11.7. The van der Waals surface area contributed by atoms with Crippen molar-refractivity contribution in [3.05, 3.63) is 448 Å². The van der Waals surface area contributed by atoms with Gasteiger partial charge in [-0.1, -0.05) is 393 Å². The van der Waals surface area contributed by atoms with Gasteiger partial charge in [-0.2, -0.15) is 0 Å². The van der Waals surface area contributed by atoms with Gasteiger partial charge in [-0.3, -0.25) is 0 Å². The summed E-state index contributed by atoms with van der Waals surface area (Å²) in [5.74, 6) is 0. The fraction of sp³-hybridized carbons (Fsp3) is 0.0167. The molecule has 0 spiro atoms. The van der Waals surface area contributed by atoms with Gasteiger partial charge < -0.3 is 13.6 Å². The summed E-state index contributed by atoms with van der Waals surface area (Å²) >= 11 is 0. The maximum absolute atomic E-state index is 6.32. The molecule has 0 fully saturated rings. The Hall–Kier alpha value is -15.9. The number of furan rings is 1. The first kappa shape index (κ1) is 71.2. The Bertz CT molecular complexity index is 8480. The van der Waals surface area contributed by atoms with Crippen LogP contribution in [0.3, 0.4) is 0 Å². The summed E-state index contributed by atoms with van der Waals surface area (Å²) in [6, 6.07) is 159. The molecule has 123 heavy (non-hydrogen) atoms. The zero-order chi connectivity index (χ0) is 81.3. The van der Waals surface area contributed by atoms with Crippen LogP contribution < -0.4 is 0 Å². The molecule has 574 valence electrons. The summed E-state index contributed by atoms with van der Waals surface area (Å²) in [6.07, 6.45) is 0. The highest BCUT2D eigenvalue weighted by Gasteiger charge is 2.23. The Balaban J connectivity index is 0.000000104. The minimum Gasteiger partial charge on any atom is -0.455 e. The van der Waals surface area contributed by atoms with Crippen LogP contribution in [0.1, 0.15) is 11.1 Å². The summed E-state index contributed by atoms with van der Waals surface area (Å²) in [6.45, 7) is 4.29. The van der Waals surface area contributed by atoms with Gasteiger partial charge in [0, 0.05) is 49.3 Å². The Morgan fingerprint density at radius 3 is 0.813 bits per heavy atom. The molecule has 26 rings (SSSR count). The molecule has 0 unspecified atom stereocenters. The van der Waals surface area contributed by atoms with Crippen LogP contribution in [0.4, 0.5) is 0 Å². The number of rotatable bonds is 9. The topological polar surface area (TPSA) is 23.0 Å². The molecule has 0 amide bonds. The average Bonchev–Trinajstić information content (AvgIpc) is 1.71. The fourth-order valence-corrected chi connectivity index (χ4v) is 20.2. The minimum absolute atomic E-state index is 0.927. The highest BCUT2D eigenvalue weighted by atomic mass is 16.3. The van der Waals surface area contributed by atoms with E-state index in [-0.39, 0.29) is 0 Å². The predicted molar refractivity (Wildman–Crippen MR) is 525 cm³/mol. The first-order valence-electron chi connectivity index (χ1n) is 42.6. The summed E-state index contributed by atoms with van der Waals surface area (Å²) in [5.41, 5.74) is 29.1. The molecule has 3 nitrogen and oxygen atoms in total. The molecule has 3 heterocycles. The lowest BCUT2D eigenvalue weighted by Gasteiger charge is -2.18. The predicted octanol–water partition coefficient (Wildman–Crippen LogP) is 33.5. The first-order valence-corrected chi connectivity index (χ1v) is 42.6. The molecular weight excluding hydrogens is 1490 g/mol. The van der Waals surface area contributed by atoms with Crippen LogP contribution in [0.5, 0.6) is 0 Å². The van der Waals surface area contributed by atoms with Gasteiger partial charge in [0.1, 0.15) is 11.2 Å². The second-order valence-corrected chi connectivity index (χ2v) is 32.9. The maximum atomic E-state index is 6.32. The summed E-state index contributed by atoms with van der Waals surface area (Å²) in [7, 11) is 0. The molecule has 0 saturated heterocycles. The van der Waals surface area contributed by atoms with Crippen molar-refractivity contribution in [2.75, 3.05) is 0 Å². The lowest BCUT2D eigenvalue weighted by molar-refractivity contribution is 0.670. The van der Waals surface area contributed by atoms with E-state index in [1.165, 1.54) is 219 Å². The molecule has 0 atom stereocenters. The molecule has 0 N–H and O–H groups in total. The van der Waals surface area contributed by atoms with Crippen molar-refractivity contribution >= 4 is 152 Å². The first-order chi connectivity index (χ1) is 60.8. The minimum atomic E-state index is 0.927. The number of para-hydroxylation sites is 6. The van der Waals surface area contributed by atoms with Crippen LogP contribution in [0, 0.1) is 13.8 Å². The second-order valence-electron chi connectivity index (χ2n) is 32.9. The van der Waals surface area contributed by atoms with Crippen molar-refractivity contribution in [3.8, 4) is 89.3 Å². The number of hydrogen-bond acceptors (Lipinski definition) is 1. The molecule has 0 radical (unpaired) electrons. The number of benzene rings is 23.